The van der Waals surface area contributed by atoms with Crippen molar-refractivity contribution in [2.45, 2.75) is 39.2 Å². The lowest BCUT2D eigenvalue weighted by Crippen LogP contribution is -2.47. The first-order valence-corrected chi connectivity index (χ1v) is 6.18. The monoisotopic (exact) mass is 242 g/mol. The first-order chi connectivity index (χ1) is 7.93. The van der Waals surface area contributed by atoms with E-state index in [1.807, 2.05) is 0 Å². The zero-order valence-electron chi connectivity index (χ0n) is 10.8. The van der Waals surface area contributed by atoms with Crippen molar-refractivity contribution in [2.75, 3.05) is 20.1 Å². The molecule has 0 aromatic rings. The van der Waals surface area contributed by atoms with E-state index in [1.54, 1.807) is 11.9 Å². The maximum atomic E-state index is 12.1. The van der Waals surface area contributed by atoms with Crippen molar-refractivity contribution in [3.63, 3.8) is 0 Å². The van der Waals surface area contributed by atoms with Gasteiger partial charge in [-0.05, 0) is 25.2 Å². The molecule has 17 heavy (non-hydrogen) atoms. The number of hydrogen-bond donors (Lipinski definition) is 1. The summed E-state index contributed by atoms with van der Waals surface area (Å²) in [6.07, 6.45) is 2.29. The van der Waals surface area contributed by atoms with E-state index in [1.165, 1.54) is 4.90 Å². The van der Waals surface area contributed by atoms with Crippen LogP contribution in [0.15, 0.2) is 0 Å². The van der Waals surface area contributed by atoms with Gasteiger partial charge in [0.05, 0.1) is 0 Å². The fraction of sp³-hybridized carbons (Fsp3) is 0.833. The van der Waals surface area contributed by atoms with Crippen molar-refractivity contribution in [3.8, 4) is 0 Å². The number of nitrogens with zero attached hydrogens (tertiary/aromatic N) is 2. The Balaban J connectivity index is 2.53. The maximum absolute atomic E-state index is 12.1. The average molecular weight is 242 g/mol. The molecule has 0 aliphatic carbocycles. The van der Waals surface area contributed by atoms with Gasteiger partial charge in [0.2, 0.25) is 0 Å². The zero-order valence-corrected chi connectivity index (χ0v) is 10.8. The highest BCUT2D eigenvalue weighted by Gasteiger charge is 2.35. The third-order valence-corrected chi connectivity index (χ3v) is 3.15. The van der Waals surface area contributed by atoms with Crippen LogP contribution < -0.4 is 0 Å². The van der Waals surface area contributed by atoms with Gasteiger partial charge in [0.15, 0.2) is 0 Å². The minimum atomic E-state index is -0.895. The van der Waals surface area contributed by atoms with E-state index in [9.17, 15) is 9.59 Å². The summed E-state index contributed by atoms with van der Waals surface area (Å²) in [5.74, 6) is -0.354. The van der Waals surface area contributed by atoms with Gasteiger partial charge in [-0.15, -0.1) is 0 Å². The lowest BCUT2D eigenvalue weighted by atomic mass is 10.1. The molecule has 1 N–H and O–H groups in total. The lowest BCUT2D eigenvalue weighted by Gasteiger charge is -2.28. The molecule has 1 fully saturated rings. The Morgan fingerprint density at radius 1 is 1.47 bits per heavy atom. The van der Waals surface area contributed by atoms with Gasteiger partial charge in [0.1, 0.15) is 6.04 Å². The molecule has 1 rings (SSSR count). The van der Waals surface area contributed by atoms with Crippen LogP contribution in [0.4, 0.5) is 4.79 Å². The first-order valence-electron chi connectivity index (χ1n) is 6.18. The predicted molar refractivity (Wildman–Crippen MR) is 64.8 cm³/mol. The second kappa shape index (κ2) is 5.89. The molecule has 0 saturated carbocycles. The van der Waals surface area contributed by atoms with Crippen LogP contribution in [0.3, 0.4) is 0 Å². The summed E-state index contributed by atoms with van der Waals surface area (Å²) in [5, 5.41) is 9.02. The average Bonchev–Trinajstić information content (AvgIpc) is 2.73. The molecule has 0 unspecified atom stereocenters. The normalized spacial score (nSPS) is 19.8. The summed E-state index contributed by atoms with van der Waals surface area (Å²) in [5.41, 5.74) is 0. The number of carboxylic acid groups (broad SMARTS) is 1. The van der Waals surface area contributed by atoms with Crippen molar-refractivity contribution >= 4 is 12.0 Å². The third kappa shape index (κ3) is 3.61. The van der Waals surface area contributed by atoms with Crippen LogP contribution in [0.2, 0.25) is 0 Å². The van der Waals surface area contributed by atoms with Gasteiger partial charge in [0, 0.05) is 20.1 Å². The first kappa shape index (κ1) is 13.8. The molecular weight excluding hydrogens is 220 g/mol. The Morgan fingerprint density at radius 2 is 2.12 bits per heavy atom. The van der Waals surface area contributed by atoms with Crippen LogP contribution >= 0.6 is 0 Å². The van der Waals surface area contributed by atoms with Gasteiger partial charge in [-0.25, -0.2) is 9.59 Å². The highest BCUT2D eigenvalue weighted by atomic mass is 16.4. The van der Waals surface area contributed by atoms with E-state index in [0.717, 1.165) is 12.8 Å². The SMILES string of the molecule is CC(C)CCN(C)C(=O)N1CCC[C@@H]1C(=O)O. The van der Waals surface area contributed by atoms with Crippen molar-refractivity contribution in [3.05, 3.63) is 0 Å². The Kier molecular flexibility index (Phi) is 4.78. The van der Waals surface area contributed by atoms with Crippen LogP contribution in [0.25, 0.3) is 0 Å². The number of hydrogen-bond acceptors (Lipinski definition) is 2. The number of carbonyl (C=O) groups is 2. The number of carboxylic acids is 1. The molecule has 1 atom stereocenters. The molecule has 0 radical (unpaired) electrons. The highest BCUT2D eigenvalue weighted by Crippen LogP contribution is 2.19. The smallest absolute Gasteiger partial charge is 0.326 e. The molecule has 5 heteroatoms. The molecule has 98 valence electrons. The second-order valence-electron chi connectivity index (χ2n) is 5.08. The van der Waals surface area contributed by atoms with E-state index < -0.39 is 12.0 Å². The zero-order chi connectivity index (χ0) is 13.0. The summed E-state index contributed by atoms with van der Waals surface area (Å²) in [6, 6.07) is -0.792. The van der Waals surface area contributed by atoms with Gasteiger partial charge in [-0.3, -0.25) is 0 Å². The minimum absolute atomic E-state index is 0.157. The highest BCUT2D eigenvalue weighted by molar-refractivity contribution is 5.83. The standard InChI is InChI=1S/C12H22N2O3/c1-9(2)6-8-13(3)12(17)14-7-4-5-10(14)11(15)16/h9-10H,4-8H2,1-3H3,(H,15,16)/t10-/m1/s1. The summed E-state index contributed by atoms with van der Waals surface area (Å²) < 4.78 is 0. The Hall–Kier alpha value is -1.26. The van der Waals surface area contributed by atoms with Crippen LogP contribution in [0.1, 0.15) is 33.1 Å². The van der Waals surface area contributed by atoms with Crippen LogP contribution in [-0.2, 0) is 4.79 Å². The van der Waals surface area contributed by atoms with Gasteiger partial charge in [0.25, 0.3) is 0 Å². The number of urea groups is 1. The van der Waals surface area contributed by atoms with E-state index in [2.05, 4.69) is 13.8 Å². The largest absolute Gasteiger partial charge is 0.480 e. The summed E-state index contributed by atoms with van der Waals surface area (Å²) >= 11 is 0. The molecule has 2 amide bonds. The number of aliphatic carboxylic acids is 1. The molecule has 1 aliphatic rings. The van der Waals surface area contributed by atoms with Crippen molar-refractivity contribution in [2.24, 2.45) is 5.92 Å². The number of likely N-dealkylation sites (tertiary alicyclic amines) is 1. The fourth-order valence-electron chi connectivity index (χ4n) is 2.02. The van der Waals surface area contributed by atoms with Crippen molar-refractivity contribution in [1.29, 1.82) is 0 Å². The van der Waals surface area contributed by atoms with E-state index in [-0.39, 0.29) is 6.03 Å². The molecule has 1 heterocycles. The molecule has 1 aliphatic heterocycles. The van der Waals surface area contributed by atoms with E-state index in [4.69, 9.17) is 5.11 Å². The number of carbonyl (C=O) groups excluding carboxylic acids is 1. The van der Waals surface area contributed by atoms with Crippen molar-refractivity contribution < 1.29 is 14.7 Å². The molecular formula is C12H22N2O3. The minimum Gasteiger partial charge on any atom is -0.480 e. The van der Waals surface area contributed by atoms with Crippen LogP contribution in [0, 0.1) is 5.92 Å². The predicted octanol–water partition coefficient (Wildman–Crippen LogP) is 1.63. The molecule has 0 aromatic carbocycles. The number of rotatable bonds is 4. The molecule has 0 bridgehead atoms. The molecule has 0 spiro atoms. The third-order valence-electron chi connectivity index (χ3n) is 3.15. The Labute approximate surface area is 102 Å². The molecule has 5 nitrogen and oxygen atoms in total. The van der Waals surface area contributed by atoms with Gasteiger partial charge in [-0.1, -0.05) is 13.8 Å². The Bertz CT molecular complexity index is 291. The fourth-order valence-corrected chi connectivity index (χ4v) is 2.02. The summed E-state index contributed by atoms with van der Waals surface area (Å²) in [4.78, 5) is 26.2. The van der Waals surface area contributed by atoms with E-state index >= 15 is 0 Å². The van der Waals surface area contributed by atoms with Crippen LogP contribution in [0.5, 0.6) is 0 Å². The second-order valence-corrected chi connectivity index (χ2v) is 5.08. The van der Waals surface area contributed by atoms with Crippen LogP contribution in [-0.4, -0.2) is 53.1 Å². The number of amides is 2. The summed E-state index contributed by atoms with van der Waals surface area (Å²) in [7, 11) is 1.74. The van der Waals surface area contributed by atoms with Crippen molar-refractivity contribution in [1.82, 2.24) is 9.80 Å². The lowest BCUT2D eigenvalue weighted by molar-refractivity contribution is -0.141. The topological polar surface area (TPSA) is 60.9 Å². The van der Waals surface area contributed by atoms with Gasteiger partial charge in [-0.2, -0.15) is 0 Å². The Morgan fingerprint density at radius 3 is 2.65 bits per heavy atom. The molecule has 0 aromatic heterocycles. The van der Waals surface area contributed by atoms with Gasteiger partial charge >= 0.3 is 12.0 Å². The summed E-state index contributed by atoms with van der Waals surface area (Å²) in [6.45, 7) is 5.45. The quantitative estimate of drug-likeness (QED) is 0.815. The molecule has 1 saturated heterocycles. The maximum Gasteiger partial charge on any atom is 0.326 e. The van der Waals surface area contributed by atoms with Gasteiger partial charge < -0.3 is 14.9 Å². The van der Waals surface area contributed by atoms with E-state index in [0.29, 0.717) is 25.4 Å².